The van der Waals surface area contributed by atoms with Crippen molar-refractivity contribution in [2.45, 2.75) is 91.1 Å². The summed E-state index contributed by atoms with van der Waals surface area (Å²) in [4.78, 5) is 13.5. The Morgan fingerprint density at radius 1 is 1.05 bits per heavy atom. The highest BCUT2D eigenvalue weighted by atomic mass is 31.2. The molecule has 0 unspecified atom stereocenters. The van der Waals surface area contributed by atoms with Crippen LogP contribution in [0.3, 0.4) is 0 Å². The van der Waals surface area contributed by atoms with Crippen LogP contribution in [0.4, 0.5) is 19.0 Å². The Bertz CT molecular complexity index is 1430. The first kappa shape index (κ1) is 32.2. The van der Waals surface area contributed by atoms with Crippen LogP contribution < -0.4 is 10.8 Å². The number of benzene rings is 1. The number of alkyl halides is 2. The van der Waals surface area contributed by atoms with E-state index in [4.69, 9.17) is 4.43 Å². The number of anilines is 1. The van der Waals surface area contributed by atoms with Crippen molar-refractivity contribution in [3.05, 3.63) is 52.7 Å². The van der Waals surface area contributed by atoms with Crippen molar-refractivity contribution < 1.29 is 22.2 Å². The van der Waals surface area contributed by atoms with Crippen molar-refractivity contribution >= 4 is 37.6 Å². The van der Waals surface area contributed by atoms with Crippen LogP contribution in [-0.4, -0.2) is 42.2 Å². The highest BCUT2D eigenvalue weighted by Crippen LogP contribution is 2.46. The second-order valence-corrected chi connectivity index (χ2v) is 19.3. The van der Waals surface area contributed by atoms with Crippen molar-refractivity contribution in [2.24, 2.45) is 0 Å². The third kappa shape index (κ3) is 6.14. The fraction of sp³-hybridized carbons (Fsp3) is 0.552. The third-order valence-corrected chi connectivity index (χ3v) is 14.0. The van der Waals surface area contributed by atoms with Gasteiger partial charge in [-0.1, -0.05) is 32.9 Å². The number of aromatic nitrogens is 3. The number of nitrogens with one attached hydrogen (secondary N) is 1. The summed E-state index contributed by atoms with van der Waals surface area (Å²) in [5.41, 5.74) is -0.912. The maximum Gasteiger partial charge on any atom is 0.302 e. The van der Waals surface area contributed by atoms with E-state index in [0.717, 1.165) is 6.07 Å². The molecule has 0 aliphatic heterocycles. The number of halogens is 3. The van der Waals surface area contributed by atoms with Crippen LogP contribution in [0.2, 0.25) is 18.1 Å². The number of nitrogens with zero attached hydrogens (tertiary/aromatic N) is 3. The predicted octanol–water partition coefficient (Wildman–Crippen LogP) is 8.09. The summed E-state index contributed by atoms with van der Waals surface area (Å²) >= 11 is 0. The van der Waals surface area contributed by atoms with Gasteiger partial charge in [-0.15, -0.1) is 0 Å². The predicted molar refractivity (Wildman–Crippen MR) is 161 cm³/mol. The number of fused-ring (bicyclic) bond motifs is 1. The van der Waals surface area contributed by atoms with Gasteiger partial charge in [0.25, 0.3) is 0 Å². The van der Waals surface area contributed by atoms with Crippen LogP contribution >= 0.6 is 7.14 Å². The molecule has 3 aromatic rings. The topological polar surface area (TPSA) is 77.0 Å². The van der Waals surface area contributed by atoms with Crippen LogP contribution in [0.5, 0.6) is 0 Å². The SMILES string of the molecule is CC[Si](CC)(CC)OC(C)(C)C(F)(F)c1cccc([C@@H](C)Nc2nc(C)nc3c(C)nc(P(C)(C)=O)cc23)c1F. The Morgan fingerprint density at radius 3 is 2.20 bits per heavy atom. The number of aryl methyl sites for hydroxylation is 2. The second-order valence-electron chi connectivity index (χ2n) is 11.4. The largest absolute Gasteiger partial charge is 0.405 e. The van der Waals surface area contributed by atoms with Gasteiger partial charge in [-0.25, -0.2) is 19.3 Å². The second kappa shape index (κ2) is 11.5. The van der Waals surface area contributed by atoms with Crippen LogP contribution in [-0.2, 0) is 14.9 Å². The summed E-state index contributed by atoms with van der Waals surface area (Å²) in [6.45, 7) is 17.1. The molecule has 40 heavy (non-hydrogen) atoms. The van der Waals surface area contributed by atoms with Gasteiger partial charge in [-0.3, -0.25) is 0 Å². The molecular formula is C29H42F3N4O2PSi. The highest BCUT2D eigenvalue weighted by molar-refractivity contribution is 7.69. The quantitative estimate of drug-likeness (QED) is 0.179. The summed E-state index contributed by atoms with van der Waals surface area (Å²) < 4.78 is 67.1. The molecule has 0 amide bonds. The first-order valence-corrected chi connectivity index (χ1v) is 18.9. The third-order valence-electron chi connectivity index (χ3n) is 7.85. The number of hydrogen-bond acceptors (Lipinski definition) is 6. The maximum absolute atomic E-state index is 16.0. The molecule has 3 rings (SSSR count). The Morgan fingerprint density at radius 2 is 1.65 bits per heavy atom. The molecule has 2 heterocycles. The van der Waals surface area contributed by atoms with Gasteiger partial charge < -0.3 is 14.3 Å². The molecule has 0 radical (unpaired) electrons. The zero-order valence-electron chi connectivity index (χ0n) is 25.2. The molecule has 1 aromatic carbocycles. The van der Waals surface area contributed by atoms with E-state index in [1.807, 2.05) is 20.8 Å². The molecule has 0 fully saturated rings. The van der Waals surface area contributed by atoms with Crippen LogP contribution in [0.1, 0.15) is 70.2 Å². The molecule has 0 saturated heterocycles. The van der Waals surface area contributed by atoms with E-state index in [1.54, 1.807) is 40.2 Å². The molecule has 0 aliphatic rings. The number of rotatable bonds is 11. The Labute approximate surface area is 237 Å². The molecule has 1 N–H and O–H groups in total. The van der Waals surface area contributed by atoms with E-state index in [2.05, 4.69) is 20.3 Å². The van der Waals surface area contributed by atoms with Gasteiger partial charge in [0.15, 0.2) is 8.32 Å². The lowest BCUT2D eigenvalue weighted by atomic mass is 9.91. The standard InChI is InChI=1S/C29H42F3N4O2PSi/c1-11-40(12-2,13-3)38-28(7,8)29(31,32)23-16-14-15-21(25(23)30)18(4)34-27-22-17-24(39(9,10)37)33-19(5)26(22)35-20(6)36-27/h14-18H,11-13H2,1-10H3,(H,34,35,36)/t18-/m1/s1. The molecule has 6 nitrogen and oxygen atoms in total. The Hall–Kier alpha value is -2.29. The van der Waals surface area contributed by atoms with Crippen molar-refractivity contribution in [1.82, 2.24) is 15.0 Å². The lowest BCUT2D eigenvalue weighted by molar-refractivity contribution is -0.161. The zero-order chi connectivity index (χ0) is 30.3. The molecule has 0 spiro atoms. The minimum absolute atomic E-state index is 0.0741. The van der Waals surface area contributed by atoms with Crippen LogP contribution in [0.25, 0.3) is 10.9 Å². The smallest absolute Gasteiger partial charge is 0.302 e. The van der Waals surface area contributed by atoms with Crippen LogP contribution in [0, 0.1) is 19.7 Å². The average molecular weight is 595 g/mol. The van der Waals surface area contributed by atoms with E-state index in [9.17, 15) is 4.57 Å². The number of pyridine rings is 1. The Kier molecular flexibility index (Phi) is 9.29. The van der Waals surface area contributed by atoms with E-state index < -0.39 is 44.4 Å². The number of hydrogen-bond donors (Lipinski definition) is 1. The summed E-state index contributed by atoms with van der Waals surface area (Å²) in [6, 6.07) is 7.15. The normalized spacial score (nSPS) is 14.0. The molecular weight excluding hydrogens is 552 g/mol. The van der Waals surface area contributed by atoms with Gasteiger partial charge >= 0.3 is 5.92 Å². The summed E-state index contributed by atoms with van der Waals surface area (Å²) in [6.07, 6.45) is 0. The maximum atomic E-state index is 16.0. The highest BCUT2D eigenvalue weighted by Gasteiger charge is 2.54. The Balaban J connectivity index is 2.06. The molecule has 11 heteroatoms. The summed E-state index contributed by atoms with van der Waals surface area (Å²) in [5.74, 6) is -3.71. The molecule has 0 aliphatic carbocycles. The summed E-state index contributed by atoms with van der Waals surface area (Å²) in [5, 5.41) is 3.78. The monoisotopic (exact) mass is 594 g/mol. The van der Waals surface area contributed by atoms with Gasteiger partial charge in [0.2, 0.25) is 0 Å². The van der Waals surface area contributed by atoms with E-state index >= 15 is 13.2 Å². The minimum Gasteiger partial charge on any atom is -0.405 e. The van der Waals surface area contributed by atoms with Gasteiger partial charge in [0.05, 0.1) is 22.8 Å². The van der Waals surface area contributed by atoms with Crippen molar-refractivity contribution in [1.29, 1.82) is 0 Å². The fourth-order valence-electron chi connectivity index (χ4n) is 5.07. The van der Waals surface area contributed by atoms with Gasteiger partial charge in [-0.05, 0) is 78.2 Å². The van der Waals surface area contributed by atoms with Crippen molar-refractivity contribution in [3.8, 4) is 0 Å². The minimum atomic E-state index is -3.58. The van der Waals surface area contributed by atoms with Gasteiger partial charge in [-0.2, -0.15) is 8.78 Å². The fourth-order valence-corrected chi connectivity index (χ4v) is 9.05. The first-order chi connectivity index (χ1) is 18.4. The van der Waals surface area contributed by atoms with E-state index in [0.29, 0.717) is 51.8 Å². The molecule has 1 atom stereocenters. The van der Waals surface area contributed by atoms with Crippen molar-refractivity contribution in [3.63, 3.8) is 0 Å². The van der Waals surface area contributed by atoms with Crippen molar-refractivity contribution in [2.75, 3.05) is 18.6 Å². The van der Waals surface area contributed by atoms with Crippen LogP contribution in [0.15, 0.2) is 24.3 Å². The molecule has 2 aromatic heterocycles. The molecule has 0 saturated carbocycles. The van der Waals surface area contributed by atoms with Gasteiger partial charge in [0, 0.05) is 10.9 Å². The lowest BCUT2D eigenvalue weighted by Gasteiger charge is -2.42. The zero-order valence-corrected chi connectivity index (χ0v) is 27.1. The van der Waals surface area contributed by atoms with E-state index in [1.165, 1.54) is 26.0 Å². The molecule has 220 valence electrons. The molecule has 0 bridgehead atoms. The lowest BCUT2D eigenvalue weighted by Crippen LogP contribution is -2.52. The average Bonchev–Trinajstić information content (AvgIpc) is 2.87. The van der Waals surface area contributed by atoms with E-state index in [-0.39, 0.29) is 5.56 Å². The van der Waals surface area contributed by atoms with Gasteiger partial charge in [0.1, 0.15) is 35.6 Å². The first-order valence-electron chi connectivity index (χ1n) is 13.8. The summed E-state index contributed by atoms with van der Waals surface area (Å²) in [7, 11) is -5.10.